The summed E-state index contributed by atoms with van der Waals surface area (Å²) in [6, 6.07) is 6.25. The van der Waals surface area contributed by atoms with Crippen LogP contribution in [0.4, 0.5) is 4.79 Å². The highest BCUT2D eigenvalue weighted by molar-refractivity contribution is 5.72. The number of benzene rings is 1. The van der Waals surface area contributed by atoms with Crippen molar-refractivity contribution in [2.75, 3.05) is 34.4 Å². The van der Waals surface area contributed by atoms with Gasteiger partial charge in [-0.25, -0.2) is 4.79 Å². The Bertz CT molecular complexity index is 907. The van der Waals surface area contributed by atoms with Gasteiger partial charge in [-0.05, 0) is 71.0 Å². The van der Waals surface area contributed by atoms with E-state index in [1.807, 2.05) is 6.07 Å². The third-order valence-corrected chi connectivity index (χ3v) is 6.31. The van der Waals surface area contributed by atoms with Crippen LogP contribution in [0.25, 0.3) is 0 Å². The predicted molar refractivity (Wildman–Crippen MR) is 125 cm³/mol. The number of amides is 1. The van der Waals surface area contributed by atoms with Gasteiger partial charge in [0.1, 0.15) is 11.4 Å². The molecule has 1 aromatic carbocycles. The Hall–Kier alpha value is -2.74. The number of allylic oxidation sites excluding steroid dienone is 1. The summed E-state index contributed by atoms with van der Waals surface area (Å²) in [5.74, 6) is 1.75. The lowest BCUT2D eigenvalue weighted by Gasteiger charge is -2.40. The van der Waals surface area contributed by atoms with Crippen molar-refractivity contribution in [2.45, 2.75) is 63.5 Å². The summed E-state index contributed by atoms with van der Waals surface area (Å²) in [7, 11) is 5.38. The summed E-state index contributed by atoms with van der Waals surface area (Å²) < 4.78 is 21.8. The second-order valence-corrected chi connectivity index (χ2v) is 9.69. The van der Waals surface area contributed by atoms with Gasteiger partial charge in [0, 0.05) is 24.4 Å². The van der Waals surface area contributed by atoms with Crippen molar-refractivity contribution in [3.05, 3.63) is 35.6 Å². The van der Waals surface area contributed by atoms with E-state index >= 15 is 0 Å². The molecule has 1 fully saturated rings. The van der Waals surface area contributed by atoms with Crippen molar-refractivity contribution in [3.8, 4) is 11.5 Å². The van der Waals surface area contributed by atoms with E-state index in [-0.39, 0.29) is 30.4 Å². The number of carbonyl (C=O) groups is 2. The van der Waals surface area contributed by atoms with Crippen LogP contribution in [0, 0.1) is 0 Å². The molecule has 1 heterocycles. The molecule has 1 aromatic rings. The molecule has 8 nitrogen and oxygen atoms in total. The fourth-order valence-corrected chi connectivity index (χ4v) is 4.72. The summed E-state index contributed by atoms with van der Waals surface area (Å²) in [4.78, 5) is 26.4. The minimum absolute atomic E-state index is 0.0670. The highest BCUT2D eigenvalue weighted by atomic mass is 16.6. The van der Waals surface area contributed by atoms with Crippen LogP contribution in [0.3, 0.4) is 0 Å². The molecule has 1 N–H and O–H groups in total. The molecule has 0 aromatic heterocycles. The number of esters is 1. The molecule has 1 aliphatic heterocycles. The van der Waals surface area contributed by atoms with Crippen LogP contribution in [0.15, 0.2) is 30.0 Å². The molecule has 33 heavy (non-hydrogen) atoms. The third kappa shape index (κ3) is 5.79. The highest BCUT2D eigenvalue weighted by Crippen LogP contribution is 2.49. The number of carbonyl (C=O) groups excluding carboxylic acids is 2. The monoisotopic (exact) mass is 460 g/mol. The van der Waals surface area contributed by atoms with Crippen molar-refractivity contribution < 1.29 is 28.5 Å². The van der Waals surface area contributed by atoms with Crippen LogP contribution in [-0.2, 0) is 19.7 Å². The molecule has 0 bridgehead atoms. The molecular formula is C25H36N2O6. The van der Waals surface area contributed by atoms with E-state index in [9.17, 15) is 9.59 Å². The van der Waals surface area contributed by atoms with Crippen LogP contribution in [0.2, 0.25) is 0 Å². The van der Waals surface area contributed by atoms with Crippen LogP contribution in [0.5, 0.6) is 11.5 Å². The second-order valence-electron chi connectivity index (χ2n) is 9.69. The first-order valence-electron chi connectivity index (χ1n) is 11.4. The average molecular weight is 461 g/mol. The normalized spacial score (nSPS) is 22.7. The second kappa shape index (κ2) is 10.0. The molecule has 2 atom stereocenters. The maximum atomic E-state index is 12.4. The van der Waals surface area contributed by atoms with Crippen LogP contribution in [0.1, 0.15) is 52.0 Å². The summed E-state index contributed by atoms with van der Waals surface area (Å²) in [5, 5.41) is 2.59. The van der Waals surface area contributed by atoms with Crippen LogP contribution >= 0.6 is 0 Å². The molecule has 0 spiro atoms. The first-order chi connectivity index (χ1) is 15.6. The van der Waals surface area contributed by atoms with Gasteiger partial charge in [-0.15, -0.1) is 0 Å². The first kappa shape index (κ1) is 24.9. The molecule has 1 aliphatic carbocycles. The predicted octanol–water partition coefficient (Wildman–Crippen LogP) is 3.78. The van der Waals surface area contributed by atoms with Gasteiger partial charge in [0.25, 0.3) is 0 Å². The van der Waals surface area contributed by atoms with Gasteiger partial charge in [0.05, 0.1) is 20.6 Å². The largest absolute Gasteiger partial charge is 0.493 e. The molecule has 0 radical (unpaired) electrons. The topological polar surface area (TPSA) is 86.3 Å². The first-order valence-corrected chi connectivity index (χ1v) is 11.4. The highest BCUT2D eigenvalue weighted by Gasteiger charge is 2.48. The number of likely N-dealkylation sites (N-methyl/N-ethyl adjacent to an activating group) is 1. The van der Waals surface area contributed by atoms with Gasteiger partial charge in [0.2, 0.25) is 0 Å². The standard InChI is InChI=1S/C25H36N2O6/c1-24(2,3)33-23(29)26-13-10-22(28)32-18-9-11-25(12-14-27(4)21(25)16-18)17-7-8-19(30-5)20(15-17)31-6/h7-8,15-16,21H,9-14H2,1-6H3,(H,26,29). The quantitative estimate of drug-likeness (QED) is 0.620. The zero-order valence-corrected chi connectivity index (χ0v) is 20.5. The summed E-state index contributed by atoms with van der Waals surface area (Å²) in [5.41, 5.74) is 0.561. The molecule has 2 aliphatic rings. The number of likely N-dealkylation sites (tertiary alicyclic amines) is 1. The SMILES string of the molecule is COc1ccc(C23CCC(OC(=O)CCNC(=O)OC(C)(C)C)=CC2N(C)CC3)cc1OC. The number of rotatable bonds is 7. The van der Waals surface area contributed by atoms with E-state index in [1.165, 1.54) is 5.56 Å². The minimum Gasteiger partial charge on any atom is -0.493 e. The van der Waals surface area contributed by atoms with Gasteiger partial charge < -0.3 is 24.3 Å². The number of hydrogen-bond donors (Lipinski definition) is 1. The average Bonchev–Trinajstić information content (AvgIpc) is 3.09. The van der Waals surface area contributed by atoms with E-state index < -0.39 is 11.7 Å². The maximum absolute atomic E-state index is 12.4. The molecule has 1 saturated heterocycles. The Labute approximate surface area is 196 Å². The zero-order chi connectivity index (χ0) is 24.2. The molecule has 8 heteroatoms. The van der Waals surface area contributed by atoms with Crippen LogP contribution in [-0.4, -0.2) is 63.0 Å². The van der Waals surface area contributed by atoms with E-state index in [0.29, 0.717) is 17.9 Å². The molecular weight excluding hydrogens is 424 g/mol. The number of nitrogens with one attached hydrogen (secondary N) is 1. The van der Waals surface area contributed by atoms with Gasteiger partial charge in [0.15, 0.2) is 11.5 Å². The smallest absolute Gasteiger partial charge is 0.407 e. The number of hydrogen-bond acceptors (Lipinski definition) is 7. The molecule has 0 saturated carbocycles. The summed E-state index contributed by atoms with van der Waals surface area (Å²) in [6.45, 7) is 6.49. The third-order valence-electron chi connectivity index (χ3n) is 6.31. The van der Waals surface area contributed by atoms with Gasteiger partial charge >= 0.3 is 12.1 Å². The number of alkyl carbamates (subject to hydrolysis) is 1. The van der Waals surface area contributed by atoms with Gasteiger partial charge in [-0.2, -0.15) is 0 Å². The number of fused-ring (bicyclic) bond motifs is 1. The fraction of sp³-hybridized carbons (Fsp3) is 0.600. The fourth-order valence-electron chi connectivity index (χ4n) is 4.72. The maximum Gasteiger partial charge on any atom is 0.407 e. The minimum atomic E-state index is -0.578. The lowest BCUT2D eigenvalue weighted by Crippen LogP contribution is -2.42. The summed E-state index contributed by atoms with van der Waals surface area (Å²) in [6.07, 6.45) is 4.17. The van der Waals surface area contributed by atoms with Gasteiger partial charge in [-0.1, -0.05) is 6.07 Å². The van der Waals surface area contributed by atoms with Crippen molar-refractivity contribution in [3.63, 3.8) is 0 Å². The van der Waals surface area contributed by atoms with E-state index in [0.717, 1.165) is 25.1 Å². The Balaban J connectivity index is 1.65. The lowest BCUT2D eigenvalue weighted by molar-refractivity contribution is -0.139. The van der Waals surface area contributed by atoms with Crippen molar-refractivity contribution in [1.82, 2.24) is 10.2 Å². The number of methoxy groups -OCH3 is 2. The Morgan fingerprint density at radius 2 is 1.88 bits per heavy atom. The Morgan fingerprint density at radius 3 is 2.55 bits per heavy atom. The van der Waals surface area contributed by atoms with Crippen molar-refractivity contribution in [2.24, 2.45) is 0 Å². The Morgan fingerprint density at radius 1 is 1.15 bits per heavy atom. The molecule has 1 amide bonds. The summed E-state index contributed by atoms with van der Waals surface area (Å²) >= 11 is 0. The van der Waals surface area contributed by atoms with Crippen LogP contribution < -0.4 is 14.8 Å². The molecule has 3 rings (SSSR count). The van der Waals surface area contributed by atoms with Crippen molar-refractivity contribution >= 4 is 12.1 Å². The Kier molecular flexibility index (Phi) is 7.57. The molecule has 182 valence electrons. The molecule has 2 unspecified atom stereocenters. The number of nitrogens with zero attached hydrogens (tertiary/aromatic N) is 1. The van der Waals surface area contributed by atoms with Crippen molar-refractivity contribution in [1.29, 1.82) is 0 Å². The zero-order valence-electron chi connectivity index (χ0n) is 20.5. The van der Waals surface area contributed by atoms with E-state index in [2.05, 4.69) is 35.5 Å². The van der Waals surface area contributed by atoms with Gasteiger partial charge in [-0.3, -0.25) is 9.69 Å². The van der Waals surface area contributed by atoms with E-state index in [4.69, 9.17) is 18.9 Å². The van der Waals surface area contributed by atoms with E-state index in [1.54, 1.807) is 35.0 Å². The number of ether oxygens (including phenoxy) is 4. The lowest BCUT2D eigenvalue weighted by atomic mass is 9.68.